The summed E-state index contributed by atoms with van der Waals surface area (Å²) in [5.41, 5.74) is 1.44. The van der Waals surface area contributed by atoms with Crippen molar-refractivity contribution >= 4 is 11.2 Å². The highest BCUT2D eigenvalue weighted by Gasteiger charge is 2.06. The highest BCUT2D eigenvalue weighted by Crippen LogP contribution is 2.17. The van der Waals surface area contributed by atoms with E-state index in [0.717, 1.165) is 12.1 Å². The molecule has 0 radical (unpaired) electrons. The molecule has 0 spiro atoms. The van der Waals surface area contributed by atoms with Gasteiger partial charge in [0.15, 0.2) is 11.2 Å². The molecule has 5 heteroatoms. The van der Waals surface area contributed by atoms with Crippen LogP contribution in [0.1, 0.15) is 58.3 Å². The SMILES string of the molecule is CCCCCCCCCCOc1ncnc2[nH]cnc12. The van der Waals surface area contributed by atoms with Gasteiger partial charge in [-0.05, 0) is 6.42 Å². The molecule has 0 saturated carbocycles. The van der Waals surface area contributed by atoms with Gasteiger partial charge in [-0.1, -0.05) is 51.9 Å². The highest BCUT2D eigenvalue weighted by atomic mass is 16.5. The van der Waals surface area contributed by atoms with Gasteiger partial charge < -0.3 is 9.72 Å². The maximum atomic E-state index is 5.69. The van der Waals surface area contributed by atoms with Crippen molar-refractivity contribution in [1.82, 2.24) is 19.9 Å². The van der Waals surface area contributed by atoms with Crippen LogP contribution in [-0.4, -0.2) is 26.5 Å². The maximum Gasteiger partial charge on any atom is 0.245 e. The first-order valence-electron chi connectivity index (χ1n) is 7.68. The molecule has 1 N–H and O–H groups in total. The van der Waals surface area contributed by atoms with Gasteiger partial charge in [0.2, 0.25) is 5.88 Å². The van der Waals surface area contributed by atoms with E-state index in [-0.39, 0.29) is 0 Å². The molecular weight excluding hydrogens is 252 g/mol. The van der Waals surface area contributed by atoms with Crippen molar-refractivity contribution in [2.75, 3.05) is 6.61 Å². The Morgan fingerprint density at radius 1 is 0.950 bits per heavy atom. The van der Waals surface area contributed by atoms with Crippen molar-refractivity contribution in [1.29, 1.82) is 0 Å². The minimum absolute atomic E-state index is 0.583. The van der Waals surface area contributed by atoms with Crippen LogP contribution in [0.2, 0.25) is 0 Å². The van der Waals surface area contributed by atoms with Crippen molar-refractivity contribution in [3.8, 4) is 5.88 Å². The van der Waals surface area contributed by atoms with Crippen LogP contribution in [0.25, 0.3) is 11.2 Å². The number of imidazole rings is 1. The maximum absolute atomic E-state index is 5.69. The molecule has 0 amide bonds. The van der Waals surface area contributed by atoms with Gasteiger partial charge >= 0.3 is 0 Å². The Labute approximate surface area is 120 Å². The smallest absolute Gasteiger partial charge is 0.245 e. The molecule has 0 unspecified atom stereocenters. The van der Waals surface area contributed by atoms with E-state index in [9.17, 15) is 0 Å². The number of aromatic amines is 1. The highest BCUT2D eigenvalue weighted by molar-refractivity contribution is 5.74. The average Bonchev–Trinajstić information content (AvgIpc) is 2.95. The zero-order chi connectivity index (χ0) is 14.0. The van der Waals surface area contributed by atoms with E-state index in [1.165, 1.54) is 51.3 Å². The second-order valence-electron chi connectivity index (χ2n) is 5.10. The number of fused-ring (bicyclic) bond motifs is 1. The topological polar surface area (TPSA) is 63.7 Å². The number of ether oxygens (including phenoxy) is 1. The molecule has 2 aromatic rings. The Morgan fingerprint density at radius 3 is 2.50 bits per heavy atom. The summed E-state index contributed by atoms with van der Waals surface area (Å²) in [7, 11) is 0. The summed E-state index contributed by atoms with van der Waals surface area (Å²) in [4.78, 5) is 15.3. The summed E-state index contributed by atoms with van der Waals surface area (Å²) in [6.07, 6.45) is 13.5. The third-order valence-electron chi connectivity index (χ3n) is 3.42. The average molecular weight is 276 g/mol. The Balaban J connectivity index is 1.58. The van der Waals surface area contributed by atoms with Gasteiger partial charge in [0, 0.05) is 0 Å². The molecule has 0 fully saturated rings. The number of hydrogen-bond donors (Lipinski definition) is 1. The van der Waals surface area contributed by atoms with Crippen molar-refractivity contribution < 1.29 is 4.74 Å². The monoisotopic (exact) mass is 276 g/mol. The van der Waals surface area contributed by atoms with Gasteiger partial charge in [-0.2, -0.15) is 4.98 Å². The zero-order valence-corrected chi connectivity index (χ0v) is 12.3. The van der Waals surface area contributed by atoms with E-state index in [2.05, 4.69) is 26.9 Å². The van der Waals surface area contributed by atoms with Crippen LogP contribution in [0.4, 0.5) is 0 Å². The number of nitrogens with zero attached hydrogens (tertiary/aromatic N) is 3. The van der Waals surface area contributed by atoms with Crippen LogP contribution in [-0.2, 0) is 0 Å². The van der Waals surface area contributed by atoms with Gasteiger partial charge in [0.1, 0.15) is 6.33 Å². The fourth-order valence-corrected chi connectivity index (χ4v) is 2.25. The quantitative estimate of drug-likeness (QED) is 0.669. The Morgan fingerprint density at radius 2 is 1.70 bits per heavy atom. The number of H-pyrrole nitrogens is 1. The summed E-state index contributed by atoms with van der Waals surface area (Å²) in [6, 6.07) is 0. The molecule has 0 aliphatic carbocycles. The predicted molar refractivity (Wildman–Crippen MR) is 79.8 cm³/mol. The minimum atomic E-state index is 0.583. The normalized spacial score (nSPS) is 11.1. The van der Waals surface area contributed by atoms with Gasteiger partial charge in [-0.25, -0.2) is 9.97 Å². The third kappa shape index (κ3) is 4.47. The summed E-state index contributed by atoms with van der Waals surface area (Å²) >= 11 is 0. The summed E-state index contributed by atoms with van der Waals surface area (Å²) in [6.45, 7) is 2.95. The van der Waals surface area contributed by atoms with E-state index in [0.29, 0.717) is 18.0 Å². The molecule has 20 heavy (non-hydrogen) atoms. The lowest BCUT2D eigenvalue weighted by Gasteiger charge is -2.05. The lowest BCUT2D eigenvalue weighted by molar-refractivity contribution is 0.296. The molecule has 2 rings (SSSR count). The predicted octanol–water partition coefficient (Wildman–Crippen LogP) is 3.87. The standard InChI is InChI=1S/C15H24N4O/c1-2-3-4-5-6-7-8-9-10-20-15-13-14(17-11-16-13)18-12-19-15/h11-12H,2-10H2,1H3,(H,16,17,18,19). The van der Waals surface area contributed by atoms with Crippen LogP contribution in [0.5, 0.6) is 5.88 Å². The van der Waals surface area contributed by atoms with Gasteiger partial charge in [-0.3, -0.25) is 0 Å². The first kappa shape index (κ1) is 14.8. The zero-order valence-electron chi connectivity index (χ0n) is 12.3. The number of aromatic nitrogens is 4. The lowest BCUT2D eigenvalue weighted by atomic mass is 10.1. The minimum Gasteiger partial charge on any atom is -0.476 e. The molecular formula is C15H24N4O. The Bertz CT molecular complexity index is 497. The molecule has 0 saturated heterocycles. The number of hydrogen-bond acceptors (Lipinski definition) is 4. The van der Waals surface area contributed by atoms with Gasteiger partial charge in [0.25, 0.3) is 0 Å². The first-order chi connectivity index (χ1) is 9.92. The van der Waals surface area contributed by atoms with Crippen LogP contribution in [0.15, 0.2) is 12.7 Å². The van der Waals surface area contributed by atoms with E-state index in [1.807, 2.05) is 0 Å². The molecule has 2 heterocycles. The second kappa shape index (κ2) is 8.51. The summed E-state index contributed by atoms with van der Waals surface area (Å²) in [5, 5.41) is 0. The molecule has 110 valence electrons. The second-order valence-corrected chi connectivity index (χ2v) is 5.10. The number of nitrogens with one attached hydrogen (secondary N) is 1. The molecule has 0 atom stereocenters. The van der Waals surface area contributed by atoms with Crippen molar-refractivity contribution in [2.24, 2.45) is 0 Å². The molecule has 2 aromatic heterocycles. The molecule has 0 aromatic carbocycles. The third-order valence-corrected chi connectivity index (χ3v) is 3.42. The van der Waals surface area contributed by atoms with Crippen LogP contribution in [0, 0.1) is 0 Å². The van der Waals surface area contributed by atoms with Crippen LogP contribution in [0.3, 0.4) is 0 Å². The molecule has 0 aliphatic heterocycles. The van der Waals surface area contributed by atoms with E-state index < -0.39 is 0 Å². The Hall–Kier alpha value is -1.65. The molecule has 5 nitrogen and oxygen atoms in total. The first-order valence-corrected chi connectivity index (χ1v) is 7.68. The Kier molecular flexibility index (Phi) is 6.27. The fraction of sp³-hybridized carbons (Fsp3) is 0.667. The summed E-state index contributed by atoms with van der Waals surface area (Å²) < 4.78 is 5.69. The van der Waals surface area contributed by atoms with Gasteiger partial charge in [0.05, 0.1) is 12.9 Å². The number of unbranched alkanes of at least 4 members (excludes halogenated alkanes) is 7. The largest absolute Gasteiger partial charge is 0.476 e. The fourth-order valence-electron chi connectivity index (χ4n) is 2.25. The van der Waals surface area contributed by atoms with Crippen molar-refractivity contribution in [3.05, 3.63) is 12.7 Å². The molecule has 0 bridgehead atoms. The van der Waals surface area contributed by atoms with E-state index >= 15 is 0 Å². The van der Waals surface area contributed by atoms with Crippen molar-refractivity contribution in [2.45, 2.75) is 58.3 Å². The van der Waals surface area contributed by atoms with Gasteiger partial charge in [-0.15, -0.1) is 0 Å². The van der Waals surface area contributed by atoms with Crippen molar-refractivity contribution in [3.63, 3.8) is 0 Å². The number of rotatable bonds is 10. The van der Waals surface area contributed by atoms with Crippen LogP contribution >= 0.6 is 0 Å². The summed E-state index contributed by atoms with van der Waals surface area (Å²) in [5.74, 6) is 0.583. The molecule has 0 aliphatic rings. The van der Waals surface area contributed by atoms with Crippen LogP contribution < -0.4 is 4.74 Å². The lowest BCUT2D eigenvalue weighted by Crippen LogP contribution is -2.00. The van der Waals surface area contributed by atoms with E-state index in [4.69, 9.17) is 4.74 Å². The van der Waals surface area contributed by atoms with E-state index in [1.54, 1.807) is 6.33 Å².